The lowest BCUT2D eigenvalue weighted by Gasteiger charge is -2.20. The highest BCUT2D eigenvalue weighted by Crippen LogP contribution is 2.29. The van der Waals surface area contributed by atoms with Gasteiger partial charge in [-0.1, -0.05) is 30.1 Å². The second-order valence-corrected chi connectivity index (χ2v) is 6.08. The van der Waals surface area contributed by atoms with Crippen molar-refractivity contribution in [2.24, 2.45) is 7.05 Å². The maximum Gasteiger partial charge on any atom is 0.0521 e. The molecular formula is C16H21Cl2N3. The standard InChI is InChI=1S/C16H21Cl2N3/c1-3-8-19-16(7-4-12-10-20-21(2)11-12)14-9-13(17)5-6-15(14)18/h5-6,9-11,16,19H,3-4,7-8H2,1-2H3. The first-order valence-corrected chi connectivity index (χ1v) is 8.01. The van der Waals surface area contributed by atoms with Gasteiger partial charge >= 0.3 is 0 Å². The van der Waals surface area contributed by atoms with Crippen LogP contribution in [-0.2, 0) is 13.5 Å². The monoisotopic (exact) mass is 325 g/mol. The summed E-state index contributed by atoms with van der Waals surface area (Å²) in [6, 6.07) is 5.85. The Morgan fingerprint density at radius 1 is 1.33 bits per heavy atom. The molecule has 5 heteroatoms. The van der Waals surface area contributed by atoms with Crippen LogP contribution in [0.1, 0.15) is 36.9 Å². The Labute approximate surface area is 136 Å². The largest absolute Gasteiger partial charge is 0.310 e. The SMILES string of the molecule is CCCNC(CCc1cnn(C)c1)c1cc(Cl)ccc1Cl. The van der Waals surface area contributed by atoms with Gasteiger partial charge in [-0.25, -0.2) is 0 Å². The minimum atomic E-state index is 0.205. The van der Waals surface area contributed by atoms with Crippen molar-refractivity contribution in [1.29, 1.82) is 0 Å². The van der Waals surface area contributed by atoms with Gasteiger partial charge in [0.05, 0.1) is 6.20 Å². The highest BCUT2D eigenvalue weighted by Gasteiger charge is 2.15. The minimum Gasteiger partial charge on any atom is -0.310 e. The molecule has 1 aromatic heterocycles. The maximum absolute atomic E-state index is 6.34. The molecule has 3 nitrogen and oxygen atoms in total. The molecule has 0 saturated carbocycles. The van der Waals surface area contributed by atoms with Gasteiger partial charge < -0.3 is 5.32 Å². The Morgan fingerprint density at radius 2 is 2.14 bits per heavy atom. The molecule has 2 aromatic rings. The van der Waals surface area contributed by atoms with E-state index in [0.29, 0.717) is 0 Å². The van der Waals surface area contributed by atoms with Crippen LogP contribution in [0.4, 0.5) is 0 Å². The quantitative estimate of drug-likeness (QED) is 0.817. The molecule has 1 N–H and O–H groups in total. The Hall–Kier alpha value is -1.03. The van der Waals surface area contributed by atoms with Crippen LogP contribution in [0.3, 0.4) is 0 Å². The lowest BCUT2D eigenvalue weighted by atomic mass is 10.00. The topological polar surface area (TPSA) is 29.9 Å². The van der Waals surface area contributed by atoms with Gasteiger partial charge in [-0.05, 0) is 55.1 Å². The second kappa shape index (κ2) is 7.83. The van der Waals surface area contributed by atoms with Crippen molar-refractivity contribution >= 4 is 23.2 Å². The summed E-state index contributed by atoms with van der Waals surface area (Å²) in [6.07, 6.45) is 6.97. The van der Waals surface area contributed by atoms with Crippen LogP contribution < -0.4 is 5.32 Å². The zero-order chi connectivity index (χ0) is 15.2. The fourth-order valence-electron chi connectivity index (χ4n) is 2.38. The van der Waals surface area contributed by atoms with Crippen molar-refractivity contribution in [2.75, 3.05) is 6.54 Å². The van der Waals surface area contributed by atoms with E-state index < -0.39 is 0 Å². The normalized spacial score (nSPS) is 12.6. The van der Waals surface area contributed by atoms with Crippen molar-refractivity contribution in [3.8, 4) is 0 Å². The molecule has 0 amide bonds. The number of halogens is 2. The minimum absolute atomic E-state index is 0.205. The first-order chi connectivity index (χ1) is 10.1. The molecule has 0 aliphatic carbocycles. The van der Waals surface area contributed by atoms with Gasteiger partial charge in [0, 0.05) is 29.3 Å². The highest BCUT2D eigenvalue weighted by molar-refractivity contribution is 6.33. The third-order valence-corrected chi connectivity index (χ3v) is 4.03. The number of aromatic nitrogens is 2. The van der Waals surface area contributed by atoms with E-state index in [0.717, 1.165) is 41.4 Å². The van der Waals surface area contributed by atoms with Gasteiger partial charge in [-0.3, -0.25) is 4.68 Å². The van der Waals surface area contributed by atoms with Crippen LogP contribution in [0.5, 0.6) is 0 Å². The summed E-state index contributed by atoms with van der Waals surface area (Å²) in [5, 5.41) is 9.26. The van der Waals surface area contributed by atoms with Crippen molar-refractivity contribution in [3.05, 3.63) is 51.8 Å². The van der Waals surface area contributed by atoms with E-state index in [-0.39, 0.29) is 6.04 Å². The average molecular weight is 326 g/mol. The van der Waals surface area contributed by atoms with Crippen LogP contribution in [-0.4, -0.2) is 16.3 Å². The maximum atomic E-state index is 6.34. The molecule has 0 radical (unpaired) electrons. The van der Waals surface area contributed by atoms with E-state index in [9.17, 15) is 0 Å². The summed E-state index contributed by atoms with van der Waals surface area (Å²) in [5.41, 5.74) is 2.31. The Kier molecular flexibility index (Phi) is 6.09. The molecule has 0 saturated heterocycles. The number of aryl methyl sites for hydroxylation is 2. The number of benzene rings is 1. The second-order valence-electron chi connectivity index (χ2n) is 5.23. The predicted octanol–water partition coefficient (Wildman–Crippen LogP) is 4.40. The predicted molar refractivity (Wildman–Crippen MR) is 89.0 cm³/mol. The Balaban J connectivity index is 2.11. The third-order valence-electron chi connectivity index (χ3n) is 3.45. The van der Waals surface area contributed by atoms with Gasteiger partial charge in [0.15, 0.2) is 0 Å². The molecule has 21 heavy (non-hydrogen) atoms. The Bertz CT molecular complexity index is 581. The van der Waals surface area contributed by atoms with Gasteiger partial charge in [0.2, 0.25) is 0 Å². The van der Waals surface area contributed by atoms with Gasteiger partial charge in [-0.15, -0.1) is 0 Å². The molecule has 2 rings (SSSR count). The number of hydrogen-bond donors (Lipinski definition) is 1. The molecule has 0 bridgehead atoms. The summed E-state index contributed by atoms with van der Waals surface area (Å²) < 4.78 is 1.83. The molecule has 0 aliphatic rings. The Morgan fingerprint density at radius 3 is 2.81 bits per heavy atom. The lowest BCUT2D eigenvalue weighted by Crippen LogP contribution is -2.23. The van der Waals surface area contributed by atoms with Crippen molar-refractivity contribution < 1.29 is 0 Å². The summed E-state index contributed by atoms with van der Waals surface area (Å²) in [6.45, 7) is 3.12. The van der Waals surface area contributed by atoms with Gasteiger partial charge in [0.1, 0.15) is 0 Å². The summed E-state index contributed by atoms with van der Waals surface area (Å²) >= 11 is 12.5. The summed E-state index contributed by atoms with van der Waals surface area (Å²) in [7, 11) is 1.93. The van der Waals surface area contributed by atoms with Gasteiger partial charge in [-0.2, -0.15) is 5.10 Å². The fraction of sp³-hybridized carbons (Fsp3) is 0.438. The molecule has 1 heterocycles. The third kappa shape index (κ3) is 4.73. The van der Waals surface area contributed by atoms with Crippen LogP contribution >= 0.6 is 23.2 Å². The van der Waals surface area contributed by atoms with Crippen LogP contribution in [0.25, 0.3) is 0 Å². The first kappa shape index (κ1) is 16.3. The van der Waals surface area contributed by atoms with Crippen molar-refractivity contribution in [3.63, 3.8) is 0 Å². The number of rotatable bonds is 7. The average Bonchev–Trinajstić information content (AvgIpc) is 2.88. The summed E-state index contributed by atoms with van der Waals surface area (Å²) in [4.78, 5) is 0. The van der Waals surface area contributed by atoms with E-state index in [1.165, 1.54) is 5.56 Å². The van der Waals surface area contributed by atoms with Crippen LogP contribution in [0.15, 0.2) is 30.6 Å². The zero-order valence-corrected chi connectivity index (χ0v) is 14.0. The first-order valence-electron chi connectivity index (χ1n) is 7.26. The molecule has 0 aliphatic heterocycles. The smallest absolute Gasteiger partial charge is 0.0521 e. The molecule has 114 valence electrons. The lowest BCUT2D eigenvalue weighted by molar-refractivity contribution is 0.499. The van der Waals surface area contributed by atoms with E-state index in [1.54, 1.807) is 0 Å². The number of nitrogens with zero attached hydrogens (tertiary/aromatic N) is 2. The molecule has 1 unspecified atom stereocenters. The summed E-state index contributed by atoms with van der Waals surface area (Å²) in [5.74, 6) is 0. The van der Waals surface area contributed by atoms with E-state index in [2.05, 4.69) is 23.5 Å². The molecule has 1 aromatic carbocycles. The van der Waals surface area contributed by atoms with E-state index in [1.807, 2.05) is 36.1 Å². The van der Waals surface area contributed by atoms with Gasteiger partial charge in [0.25, 0.3) is 0 Å². The van der Waals surface area contributed by atoms with E-state index >= 15 is 0 Å². The number of nitrogens with one attached hydrogen (secondary N) is 1. The number of hydrogen-bond acceptors (Lipinski definition) is 2. The molecular weight excluding hydrogens is 305 g/mol. The zero-order valence-electron chi connectivity index (χ0n) is 12.4. The van der Waals surface area contributed by atoms with Crippen molar-refractivity contribution in [2.45, 2.75) is 32.2 Å². The van der Waals surface area contributed by atoms with Crippen LogP contribution in [0, 0.1) is 0 Å². The van der Waals surface area contributed by atoms with E-state index in [4.69, 9.17) is 23.2 Å². The van der Waals surface area contributed by atoms with Crippen molar-refractivity contribution in [1.82, 2.24) is 15.1 Å². The molecule has 0 fully saturated rings. The fourth-order valence-corrected chi connectivity index (χ4v) is 2.81. The van der Waals surface area contributed by atoms with Crippen LogP contribution in [0.2, 0.25) is 10.0 Å². The highest BCUT2D eigenvalue weighted by atomic mass is 35.5. The molecule has 0 spiro atoms. The molecule has 1 atom stereocenters.